The molecule has 2 aromatic rings. The molecule has 1 aromatic heterocycles. The highest BCUT2D eigenvalue weighted by molar-refractivity contribution is 8.00. The molecule has 1 aromatic carbocycles. The number of aromatic nitrogens is 1. The highest BCUT2D eigenvalue weighted by Crippen LogP contribution is 2.27. The van der Waals surface area contributed by atoms with Crippen LogP contribution in [0, 0.1) is 17.8 Å². The number of Topliss-reactive ketones (excluding diaryl/α,β-unsaturated/α-hetero) is 2. The number of ketones is 2. The standard InChI is InChI=1S/C39H56N8O12S/c1-6-19(2)32(26(50)12-11-20(3)49)44-30(54)15-41-29(53)14-42-38(58)33(21(4)28(52)18-48)45-37(57)24-16-47(17-27(24)51)39(59)34(35(40)55)46-36(56)22(5)60-31-13-23-9-7-8-10-25(23)43-31/h7-10,13,19,21-22,24,27-28,32-34,43,48,51-52H,6,11-12,14-18H2,1-5H3,(H2,40,55)(H,41,53)(H,42,58)(H,44,54)(H,45,57)(H,46,56)/t19-,21-,22-,24-,27+,28-,32-,33-,34+/m0/s1. The maximum absolute atomic E-state index is 13.5. The summed E-state index contributed by atoms with van der Waals surface area (Å²) in [6.07, 6.45) is -2.51. The Balaban J connectivity index is 1.59. The van der Waals surface area contributed by atoms with E-state index in [0.717, 1.165) is 27.6 Å². The molecule has 1 aliphatic rings. The lowest BCUT2D eigenvalue weighted by Gasteiger charge is -2.28. The molecule has 0 spiro atoms. The maximum Gasteiger partial charge on any atom is 0.255 e. The maximum atomic E-state index is 13.5. The summed E-state index contributed by atoms with van der Waals surface area (Å²) in [7, 11) is 0. The third-order valence-corrected chi connectivity index (χ3v) is 11.3. The van der Waals surface area contributed by atoms with Crippen molar-refractivity contribution in [3.63, 3.8) is 0 Å². The number of β-amino-alcohol motifs (C(OH)–C–C–N with tert-alkyl or cyclic N) is 1. The number of nitrogens with two attached hydrogens (primary N) is 1. The van der Waals surface area contributed by atoms with Crippen molar-refractivity contribution >= 4 is 75.6 Å². The smallest absolute Gasteiger partial charge is 0.255 e. The number of hydrogen-bond donors (Lipinski definition) is 10. The zero-order valence-electron chi connectivity index (χ0n) is 34.2. The summed E-state index contributed by atoms with van der Waals surface area (Å²) in [5.74, 6) is -9.58. The minimum absolute atomic E-state index is 0.0263. The first-order chi connectivity index (χ1) is 28.3. The first-order valence-electron chi connectivity index (χ1n) is 19.5. The Morgan fingerprint density at radius 1 is 0.900 bits per heavy atom. The Labute approximate surface area is 350 Å². The van der Waals surface area contributed by atoms with Crippen LogP contribution in [-0.2, 0) is 43.2 Å². The molecule has 0 saturated carbocycles. The first kappa shape index (κ1) is 49.0. The largest absolute Gasteiger partial charge is 0.394 e. The highest BCUT2D eigenvalue weighted by Gasteiger charge is 2.44. The molecule has 7 amide bonds. The van der Waals surface area contributed by atoms with Gasteiger partial charge in [0.2, 0.25) is 35.4 Å². The number of carbonyl (C=O) groups excluding carboxylic acids is 9. The summed E-state index contributed by atoms with van der Waals surface area (Å²) in [6.45, 7) is 4.88. The van der Waals surface area contributed by atoms with Gasteiger partial charge in [0, 0.05) is 42.8 Å². The number of primary amides is 1. The number of nitrogens with zero attached hydrogens (tertiary/aromatic N) is 1. The van der Waals surface area contributed by atoms with Crippen LogP contribution in [0.2, 0.25) is 0 Å². The molecule has 21 heteroatoms. The number of benzene rings is 1. The van der Waals surface area contributed by atoms with Crippen molar-refractivity contribution in [1.82, 2.24) is 36.5 Å². The van der Waals surface area contributed by atoms with E-state index in [2.05, 4.69) is 31.6 Å². The van der Waals surface area contributed by atoms with E-state index < -0.39 is 122 Å². The van der Waals surface area contributed by atoms with Crippen LogP contribution in [0.15, 0.2) is 35.4 Å². The molecule has 0 bridgehead atoms. The van der Waals surface area contributed by atoms with Gasteiger partial charge >= 0.3 is 0 Å². The molecule has 2 heterocycles. The number of rotatable bonds is 23. The number of nitrogens with one attached hydrogen (secondary N) is 6. The molecule has 1 aliphatic heterocycles. The van der Waals surface area contributed by atoms with Crippen molar-refractivity contribution in [3.8, 4) is 0 Å². The molecule has 1 saturated heterocycles. The summed E-state index contributed by atoms with van der Waals surface area (Å²) >= 11 is 1.15. The second-order valence-electron chi connectivity index (χ2n) is 14.9. The summed E-state index contributed by atoms with van der Waals surface area (Å²) in [4.78, 5) is 119. The lowest BCUT2D eigenvalue weighted by molar-refractivity contribution is -0.141. The average Bonchev–Trinajstić information content (AvgIpc) is 3.82. The quantitative estimate of drug-likeness (QED) is 0.0413. The van der Waals surface area contributed by atoms with Gasteiger partial charge in [-0.25, -0.2) is 0 Å². The van der Waals surface area contributed by atoms with E-state index in [1.165, 1.54) is 13.8 Å². The van der Waals surface area contributed by atoms with E-state index in [9.17, 15) is 58.5 Å². The first-order valence-corrected chi connectivity index (χ1v) is 20.4. The normalized spacial score (nSPS) is 18.5. The number of amides is 7. The molecule has 0 aliphatic carbocycles. The zero-order chi connectivity index (χ0) is 44.8. The van der Waals surface area contributed by atoms with Crippen molar-refractivity contribution in [1.29, 1.82) is 0 Å². The van der Waals surface area contributed by atoms with Gasteiger partial charge < -0.3 is 62.3 Å². The fourth-order valence-corrected chi connectivity index (χ4v) is 7.25. The molecule has 20 nitrogen and oxygen atoms in total. The van der Waals surface area contributed by atoms with Crippen LogP contribution in [0.4, 0.5) is 0 Å². The van der Waals surface area contributed by atoms with Crippen LogP contribution in [0.25, 0.3) is 10.9 Å². The van der Waals surface area contributed by atoms with E-state index >= 15 is 0 Å². The van der Waals surface area contributed by atoms with Gasteiger partial charge in [0.05, 0.1) is 54.1 Å². The summed E-state index contributed by atoms with van der Waals surface area (Å²) in [6, 6.07) is 5.00. The predicted octanol–water partition coefficient (Wildman–Crippen LogP) is -2.39. The number of carbonyl (C=O) groups is 9. The molecular formula is C39H56N8O12S. The molecule has 330 valence electrons. The average molecular weight is 861 g/mol. The van der Waals surface area contributed by atoms with Crippen LogP contribution in [0.1, 0.15) is 53.9 Å². The molecule has 60 heavy (non-hydrogen) atoms. The monoisotopic (exact) mass is 860 g/mol. The summed E-state index contributed by atoms with van der Waals surface area (Å²) < 4.78 is 0. The van der Waals surface area contributed by atoms with Crippen molar-refractivity contribution in [2.45, 2.75) is 94.5 Å². The lowest BCUT2D eigenvalue weighted by Crippen LogP contribution is -2.57. The summed E-state index contributed by atoms with van der Waals surface area (Å²) in [5, 5.41) is 43.5. The number of aliphatic hydroxyl groups excluding tert-OH is 3. The number of likely N-dealkylation sites (tertiary alicyclic amines) is 1. The summed E-state index contributed by atoms with van der Waals surface area (Å²) in [5.41, 5.74) is 6.34. The Morgan fingerprint density at radius 2 is 1.57 bits per heavy atom. The minimum atomic E-state index is -1.84. The topological polar surface area (TPSA) is 320 Å². The van der Waals surface area contributed by atoms with Crippen molar-refractivity contribution in [3.05, 3.63) is 30.3 Å². The van der Waals surface area contributed by atoms with Crippen molar-refractivity contribution in [2.24, 2.45) is 23.5 Å². The van der Waals surface area contributed by atoms with Crippen molar-refractivity contribution in [2.75, 3.05) is 32.8 Å². The molecule has 0 unspecified atom stereocenters. The van der Waals surface area contributed by atoms with Crippen LogP contribution in [0.3, 0.4) is 0 Å². The second kappa shape index (κ2) is 22.8. The van der Waals surface area contributed by atoms with E-state index in [-0.39, 0.29) is 30.3 Å². The number of thioether (sulfide) groups is 1. The van der Waals surface area contributed by atoms with E-state index in [1.807, 2.05) is 37.3 Å². The Morgan fingerprint density at radius 3 is 2.18 bits per heavy atom. The number of fused-ring (bicyclic) bond motifs is 1. The fraction of sp³-hybridized carbons (Fsp3) is 0.564. The van der Waals surface area contributed by atoms with Gasteiger partial charge in [0.15, 0.2) is 11.8 Å². The number of para-hydroxylation sites is 1. The van der Waals surface area contributed by atoms with Crippen LogP contribution in [-0.4, -0.2) is 146 Å². The molecular weight excluding hydrogens is 805 g/mol. The third-order valence-electron chi connectivity index (χ3n) is 10.3. The predicted molar refractivity (Wildman–Crippen MR) is 217 cm³/mol. The van der Waals surface area contributed by atoms with Crippen LogP contribution >= 0.6 is 11.8 Å². The Kier molecular flexibility index (Phi) is 18.6. The molecule has 0 radical (unpaired) electrons. The SMILES string of the molecule is CC[C@H](C)[C@H](NC(=O)CNC(=O)CNC(=O)[C@@H](NC(=O)[C@H]1CN(C(=O)[C@H](NC(=O)[C@H](C)Sc2cc3ccccc3[nH]2)C(N)=O)C[C@H]1O)[C@@H](C)[C@@H](O)CO)C(=O)CCC(C)=O. The van der Waals surface area contributed by atoms with E-state index in [1.54, 1.807) is 13.8 Å². The van der Waals surface area contributed by atoms with E-state index in [4.69, 9.17) is 5.73 Å². The molecule has 3 rings (SSSR count). The van der Waals surface area contributed by atoms with Gasteiger partial charge in [-0.15, -0.1) is 0 Å². The van der Waals surface area contributed by atoms with Crippen LogP contribution in [0.5, 0.6) is 0 Å². The minimum Gasteiger partial charge on any atom is -0.394 e. The van der Waals surface area contributed by atoms with Gasteiger partial charge in [-0.05, 0) is 31.9 Å². The molecule has 11 N–H and O–H groups in total. The number of hydrogen-bond acceptors (Lipinski definition) is 13. The Bertz CT molecular complexity index is 1880. The molecule has 9 atom stereocenters. The van der Waals surface area contributed by atoms with Crippen molar-refractivity contribution < 1.29 is 58.5 Å². The van der Waals surface area contributed by atoms with Gasteiger partial charge in [0.25, 0.3) is 5.91 Å². The molecule has 1 fully saturated rings. The highest BCUT2D eigenvalue weighted by atomic mass is 32.2. The van der Waals surface area contributed by atoms with Gasteiger partial charge in [0.1, 0.15) is 11.8 Å². The number of aliphatic hydroxyl groups is 3. The van der Waals surface area contributed by atoms with Gasteiger partial charge in [-0.1, -0.05) is 57.2 Å². The van der Waals surface area contributed by atoms with Gasteiger partial charge in [-0.3, -0.25) is 38.4 Å². The van der Waals surface area contributed by atoms with Crippen LogP contribution < -0.4 is 32.3 Å². The lowest BCUT2D eigenvalue weighted by atomic mass is 9.92. The number of aromatic amines is 1. The fourth-order valence-electron chi connectivity index (χ4n) is 6.33. The Hall–Kier alpha value is -5.38. The van der Waals surface area contributed by atoms with E-state index in [0.29, 0.717) is 11.4 Å². The number of H-pyrrole nitrogens is 1. The second-order valence-corrected chi connectivity index (χ2v) is 16.3. The van der Waals surface area contributed by atoms with Gasteiger partial charge in [-0.2, -0.15) is 0 Å². The zero-order valence-corrected chi connectivity index (χ0v) is 35.0. The third kappa shape index (κ3) is 13.8.